The van der Waals surface area contributed by atoms with E-state index in [9.17, 15) is 4.79 Å². The van der Waals surface area contributed by atoms with Gasteiger partial charge in [-0.15, -0.1) is 0 Å². The summed E-state index contributed by atoms with van der Waals surface area (Å²) in [6.07, 6.45) is 1.99. The van der Waals surface area contributed by atoms with Crippen molar-refractivity contribution in [3.8, 4) is 5.75 Å². The smallest absolute Gasteiger partial charge is 0.219 e. The zero-order chi connectivity index (χ0) is 14.0. The van der Waals surface area contributed by atoms with E-state index in [0.29, 0.717) is 17.6 Å². The monoisotopic (exact) mass is 262 g/mol. The van der Waals surface area contributed by atoms with E-state index in [1.165, 1.54) is 5.56 Å². The standard InChI is InChI=1S/C15H22N2O2/c1-10-8-13(6-7-17(10)11(2)18)12-4-5-14(16)15(9-12)19-3/h4-5,9-10,13H,6-8,16H2,1-3H3. The van der Waals surface area contributed by atoms with Gasteiger partial charge in [-0.05, 0) is 43.4 Å². The Balaban J connectivity index is 2.14. The third-order valence-electron chi connectivity index (χ3n) is 4.01. The molecule has 1 aliphatic heterocycles. The lowest BCUT2D eigenvalue weighted by atomic mass is 9.85. The molecule has 1 aromatic rings. The van der Waals surface area contributed by atoms with Crippen LogP contribution in [0.5, 0.6) is 5.75 Å². The van der Waals surface area contributed by atoms with Crippen LogP contribution in [0.4, 0.5) is 5.69 Å². The molecule has 0 aliphatic carbocycles. The normalized spacial score (nSPS) is 23.2. The topological polar surface area (TPSA) is 55.6 Å². The Hall–Kier alpha value is -1.71. The van der Waals surface area contributed by atoms with Crippen molar-refractivity contribution in [2.45, 2.75) is 38.6 Å². The van der Waals surface area contributed by atoms with Crippen molar-refractivity contribution in [2.24, 2.45) is 0 Å². The molecule has 1 fully saturated rings. The zero-order valence-corrected chi connectivity index (χ0v) is 11.8. The number of ether oxygens (including phenoxy) is 1. The van der Waals surface area contributed by atoms with Crippen LogP contribution in [0.2, 0.25) is 0 Å². The first kappa shape index (κ1) is 13.7. The summed E-state index contributed by atoms with van der Waals surface area (Å²) < 4.78 is 5.27. The number of rotatable bonds is 2. The van der Waals surface area contributed by atoms with E-state index in [0.717, 1.165) is 25.1 Å². The molecule has 1 heterocycles. The van der Waals surface area contributed by atoms with Crippen LogP contribution in [0.1, 0.15) is 38.2 Å². The van der Waals surface area contributed by atoms with E-state index in [2.05, 4.69) is 13.0 Å². The fraction of sp³-hybridized carbons (Fsp3) is 0.533. The largest absolute Gasteiger partial charge is 0.495 e. The quantitative estimate of drug-likeness (QED) is 0.833. The van der Waals surface area contributed by atoms with E-state index >= 15 is 0 Å². The highest BCUT2D eigenvalue weighted by Gasteiger charge is 2.28. The predicted molar refractivity (Wildman–Crippen MR) is 76.2 cm³/mol. The second-order valence-electron chi connectivity index (χ2n) is 5.28. The van der Waals surface area contributed by atoms with Gasteiger partial charge in [0.05, 0.1) is 12.8 Å². The third kappa shape index (κ3) is 2.83. The molecule has 19 heavy (non-hydrogen) atoms. The van der Waals surface area contributed by atoms with Crippen molar-refractivity contribution in [3.05, 3.63) is 23.8 Å². The fourth-order valence-electron chi connectivity index (χ4n) is 2.92. The second-order valence-corrected chi connectivity index (χ2v) is 5.28. The van der Waals surface area contributed by atoms with E-state index in [-0.39, 0.29) is 5.91 Å². The van der Waals surface area contributed by atoms with Gasteiger partial charge in [0.25, 0.3) is 0 Å². The number of nitrogens with two attached hydrogens (primary N) is 1. The van der Waals surface area contributed by atoms with Crippen LogP contribution in [-0.2, 0) is 4.79 Å². The number of amides is 1. The van der Waals surface area contributed by atoms with Crippen LogP contribution in [0.3, 0.4) is 0 Å². The molecule has 1 amide bonds. The van der Waals surface area contributed by atoms with Crippen molar-refractivity contribution in [3.63, 3.8) is 0 Å². The van der Waals surface area contributed by atoms with Gasteiger partial charge in [0.2, 0.25) is 5.91 Å². The Labute approximate surface area is 114 Å². The molecule has 2 N–H and O–H groups in total. The molecule has 0 radical (unpaired) electrons. The van der Waals surface area contributed by atoms with Gasteiger partial charge in [0.15, 0.2) is 0 Å². The van der Waals surface area contributed by atoms with E-state index in [4.69, 9.17) is 10.5 Å². The Morgan fingerprint density at radius 2 is 2.21 bits per heavy atom. The molecule has 0 aromatic heterocycles. The molecule has 1 aliphatic rings. The van der Waals surface area contributed by atoms with E-state index in [1.54, 1.807) is 14.0 Å². The van der Waals surface area contributed by atoms with Crippen molar-refractivity contribution in [1.82, 2.24) is 4.90 Å². The van der Waals surface area contributed by atoms with Gasteiger partial charge >= 0.3 is 0 Å². The lowest BCUT2D eigenvalue weighted by molar-refractivity contribution is -0.132. The lowest BCUT2D eigenvalue weighted by Gasteiger charge is -2.37. The van der Waals surface area contributed by atoms with Crippen LogP contribution in [0.25, 0.3) is 0 Å². The number of likely N-dealkylation sites (tertiary alicyclic amines) is 1. The fourth-order valence-corrected chi connectivity index (χ4v) is 2.92. The summed E-state index contributed by atoms with van der Waals surface area (Å²) in [7, 11) is 1.64. The number of carbonyl (C=O) groups is 1. The van der Waals surface area contributed by atoms with E-state index < -0.39 is 0 Å². The average molecular weight is 262 g/mol. The van der Waals surface area contributed by atoms with Gasteiger partial charge < -0.3 is 15.4 Å². The van der Waals surface area contributed by atoms with Gasteiger partial charge in [-0.2, -0.15) is 0 Å². The van der Waals surface area contributed by atoms with Crippen LogP contribution < -0.4 is 10.5 Å². The number of methoxy groups -OCH3 is 1. The molecule has 4 heteroatoms. The Bertz CT molecular complexity index is 473. The number of benzene rings is 1. The van der Waals surface area contributed by atoms with Gasteiger partial charge in [0, 0.05) is 19.5 Å². The summed E-state index contributed by atoms with van der Waals surface area (Å²) >= 11 is 0. The van der Waals surface area contributed by atoms with Crippen LogP contribution in [-0.4, -0.2) is 30.5 Å². The summed E-state index contributed by atoms with van der Waals surface area (Å²) in [6.45, 7) is 4.58. The minimum Gasteiger partial charge on any atom is -0.495 e. The third-order valence-corrected chi connectivity index (χ3v) is 4.01. The second kappa shape index (κ2) is 5.51. The number of piperidine rings is 1. The van der Waals surface area contributed by atoms with Crippen molar-refractivity contribution >= 4 is 11.6 Å². The number of nitrogens with zero attached hydrogens (tertiary/aromatic N) is 1. The molecule has 0 bridgehead atoms. The summed E-state index contributed by atoms with van der Waals surface area (Å²) in [5.41, 5.74) is 7.76. The molecular weight excluding hydrogens is 240 g/mol. The molecule has 2 atom stereocenters. The van der Waals surface area contributed by atoms with Gasteiger partial charge in [0.1, 0.15) is 5.75 Å². The maximum atomic E-state index is 11.5. The molecule has 1 saturated heterocycles. The Kier molecular flexibility index (Phi) is 3.98. The number of hydrogen-bond donors (Lipinski definition) is 1. The molecule has 0 saturated carbocycles. The summed E-state index contributed by atoms with van der Waals surface area (Å²) in [5, 5.41) is 0. The van der Waals surface area contributed by atoms with Crippen molar-refractivity contribution in [2.75, 3.05) is 19.4 Å². The Morgan fingerprint density at radius 1 is 1.47 bits per heavy atom. The number of carbonyl (C=O) groups excluding carboxylic acids is 1. The molecule has 2 unspecified atom stereocenters. The molecule has 1 aromatic carbocycles. The lowest BCUT2D eigenvalue weighted by Crippen LogP contribution is -2.42. The number of anilines is 1. The SMILES string of the molecule is COc1cc(C2CCN(C(C)=O)C(C)C2)ccc1N. The number of hydrogen-bond acceptors (Lipinski definition) is 3. The molecule has 4 nitrogen and oxygen atoms in total. The summed E-state index contributed by atoms with van der Waals surface area (Å²) in [6, 6.07) is 6.28. The summed E-state index contributed by atoms with van der Waals surface area (Å²) in [5.74, 6) is 1.38. The number of nitrogen functional groups attached to an aromatic ring is 1. The van der Waals surface area contributed by atoms with Gasteiger partial charge in [-0.25, -0.2) is 0 Å². The predicted octanol–water partition coefficient (Wildman–Crippen LogP) is 2.39. The van der Waals surface area contributed by atoms with Gasteiger partial charge in [-0.1, -0.05) is 6.07 Å². The maximum Gasteiger partial charge on any atom is 0.219 e. The van der Waals surface area contributed by atoms with Crippen molar-refractivity contribution in [1.29, 1.82) is 0 Å². The van der Waals surface area contributed by atoms with Crippen LogP contribution in [0, 0.1) is 0 Å². The highest BCUT2D eigenvalue weighted by Crippen LogP contribution is 2.34. The molecule has 2 rings (SSSR count). The van der Waals surface area contributed by atoms with Crippen LogP contribution in [0.15, 0.2) is 18.2 Å². The summed E-state index contributed by atoms with van der Waals surface area (Å²) in [4.78, 5) is 13.4. The Morgan fingerprint density at radius 3 is 2.79 bits per heavy atom. The van der Waals surface area contributed by atoms with Crippen molar-refractivity contribution < 1.29 is 9.53 Å². The average Bonchev–Trinajstić information content (AvgIpc) is 2.38. The highest BCUT2D eigenvalue weighted by atomic mass is 16.5. The van der Waals surface area contributed by atoms with Crippen LogP contribution >= 0.6 is 0 Å². The molecule has 0 spiro atoms. The zero-order valence-electron chi connectivity index (χ0n) is 11.8. The molecular formula is C15H22N2O2. The van der Waals surface area contributed by atoms with Gasteiger partial charge in [-0.3, -0.25) is 4.79 Å². The highest BCUT2D eigenvalue weighted by molar-refractivity contribution is 5.73. The maximum absolute atomic E-state index is 11.5. The minimum atomic E-state index is 0.167. The first-order chi connectivity index (χ1) is 9.02. The molecule has 104 valence electrons. The first-order valence-corrected chi connectivity index (χ1v) is 6.73. The van der Waals surface area contributed by atoms with E-state index in [1.807, 2.05) is 17.0 Å². The first-order valence-electron chi connectivity index (χ1n) is 6.73. The minimum absolute atomic E-state index is 0.167.